The lowest BCUT2D eigenvalue weighted by Gasteiger charge is -2.19. The normalized spacial score (nSPS) is 17.9. The average molecular weight is 297 g/mol. The van der Waals surface area contributed by atoms with Crippen molar-refractivity contribution in [3.8, 4) is 0 Å². The molecular weight excluding hydrogens is 278 g/mol. The van der Waals surface area contributed by atoms with E-state index in [1.54, 1.807) is 6.07 Å². The van der Waals surface area contributed by atoms with Crippen LogP contribution in [0, 0.1) is 0 Å². The predicted molar refractivity (Wildman–Crippen MR) is 79.4 cm³/mol. The second-order valence-corrected chi connectivity index (χ2v) is 7.05. The highest BCUT2D eigenvalue weighted by molar-refractivity contribution is 7.89. The summed E-state index contributed by atoms with van der Waals surface area (Å²) in [5.41, 5.74) is 1.56. The van der Waals surface area contributed by atoms with Crippen LogP contribution in [0.3, 0.4) is 0 Å². The molecular formula is C13H19N3O3S. The number of nitrogens with one attached hydrogen (secondary N) is 1. The Balaban J connectivity index is 2.06. The predicted octanol–water partition coefficient (Wildman–Crippen LogP) is 0.727. The Morgan fingerprint density at radius 2 is 2.05 bits per heavy atom. The molecule has 20 heavy (non-hydrogen) atoms. The molecule has 2 rings (SSSR count). The maximum atomic E-state index is 12.0. The molecule has 1 saturated heterocycles. The minimum absolute atomic E-state index is 0.121. The number of rotatable bonds is 4. The van der Waals surface area contributed by atoms with Gasteiger partial charge in [0.1, 0.15) is 0 Å². The van der Waals surface area contributed by atoms with Crippen molar-refractivity contribution >= 4 is 27.3 Å². The maximum Gasteiger partial charge on any atom is 0.239 e. The van der Waals surface area contributed by atoms with Crippen LogP contribution in [0.1, 0.15) is 6.42 Å². The van der Waals surface area contributed by atoms with E-state index in [1.807, 2.05) is 37.2 Å². The third-order valence-electron chi connectivity index (χ3n) is 3.18. The fourth-order valence-corrected chi connectivity index (χ4v) is 3.66. The number of para-hydroxylation sites is 2. The van der Waals surface area contributed by atoms with Gasteiger partial charge in [0.15, 0.2) is 0 Å². The second-order valence-electron chi connectivity index (χ2n) is 4.96. The van der Waals surface area contributed by atoms with Gasteiger partial charge in [-0.2, -0.15) is 4.31 Å². The van der Waals surface area contributed by atoms with Gasteiger partial charge in [0.05, 0.1) is 23.7 Å². The van der Waals surface area contributed by atoms with Crippen LogP contribution in [-0.2, 0) is 14.8 Å². The smallest absolute Gasteiger partial charge is 0.239 e. The highest BCUT2D eigenvalue weighted by Crippen LogP contribution is 2.23. The summed E-state index contributed by atoms with van der Waals surface area (Å²) in [6.07, 6.45) is 0.587. The zero-order chi connectivity index (χ0) is 14.8. The summed E-state index contributed by atoms with van der Waals surface area (Å²) in [4.78, 5) is 13.9. The van der Waals surface area contributed by atoms with Crippen LogP contribution in [0.4, 0.5) is 11.4 Å². The van der Waals surface area contributed by atoms with Gasteiger partial charge in [0.2, 0.25) is 15.9 Å². The molecule has 1 aliphatic heterocycles. The molecule has 0 saturated carbocycles. The minimum Gasteiger partial charge on any atom is -0.376 e. The summed E-state index contributed by atoms with van der Waals surface area (Å²) in [5.74, 6) is -0.182. The van der Waals surface area contributed by atoms with Gasteiger partial charge in [-0.15, -0.1) is 0 Å². The highest BCUT2D eigenvalue weighted by atomic mass is 32.2. The largest absolute Gasteiger partial charge is 0.376 e. The molecule has 1 amide bonds. The maximum absolute atomic E-state index is 12.0. The van der Waals surface area contributed by atoms with E-state index < -0.39 is 10.0 Å². The van der Waals surface area contributed by atoms with E-state index in [1.165, 1.54) is 4.31 Å². The van der Waals surface area contributed by atoms with Crippen LogP contribution in [0.25, 0.3) is 0 Å². The Morgan fingerprint density at radius 3 is 2.65 bits per heavy atom. The first-order valence-corrected chi connectivity index (χ1v) is 8.05. The summed E-state index contributed by atoms with van der Waals surface area (Å²) in [6.45, 7) is 0.301. The molecule has 0 bridgehead atoms. The summed E-state index contributed by atoms with van der Waals surface area (Å²) < 4.78 is 24.6. The molecule has 1 aromatic rings. The summed E-state index contributed by atoms with van der Waals surface area (Å²) in [6, 6.07) is 7.40. The van der Waals surface area contributed by atoms with Crippen LogP contribution in [0.5, 0.6) is 0 Å². The van der Waals surface area contributed by atoms with Crippen LogP contribution >= 0.6 is 0 Å². The number of carbonyl (C=O) groups is 1. The van der Waals surface area contributed by atoms with Crippen LogP contribution in [-0.4, -0.2) is 51.6 Å². The van der Waals surface area contributed by atoms with Crippen molar-refractivity contribution in [1.82, 2.24) is 4.31 Å². The number of hydrogen-bond donors (Lipinski definition) is 1. The summed E-state index contributed by atoms with van der Waals surface area (Å²) >= 11 is 0. The van der Waals surface area contributed by atoms with Gasteiger partial charge >= 0.3 is 0 Å². The monoisotopic (exact) mass is 297 g/mol. The number of anilines is 2. The third kappa shape index (κ3) is 3.29. The number of nitrogens with zero attached hydrogens (tertiary/aromatic N) is 2. The number of carbonyl (C=O) groups excluding carboxylic acids is 1. The van der Waals surface area contributed by atoms with Gasteiger partial charge in [-0.05, 0) is 18.6 Å². The first kappa shape index (κ1) is 14.8. The SMILES string of the molecule is CN(C)c1ccccc1NC(=O)CN1CCCS1(=O)=O. The lowest BCUT2D eigenvalue weighted by molar-refractivity contribution is -0.116. The molecule has 110 valence electrons. The van der Waals surface area contributed by atoms with Gasteiger partial charge in [-0.25, -0.2) is 8.42 Å². The highest BCUT2D eigenvalue weighted by Gasteiger charge is 2.29. The minimum atomic E-state index is -3.24. The van der Waals surface area contributed by atoms with Crippen molar-refractivity contribution in [3.05, 3.63) is 24.3 Å². The Bertz CT molecular complexity index is 599. The van der Waals surface area contributed by atoms with Crippen molar-refractivity contribution in [2.75, 3.05) is 43.2 Å². The number of benzene rings is 1. The molecule has 1 N–H and O–H groups in total. The lowest BCUT2D eigenvalue weighted by atomic mass is 10.2. The molecule has 0 aliphatic carbocycles. The van der Waals surface area contributed by atoms with E-state index in [2.05, 4.69) is 5.32 Å². The lowest BCUT2D eigenvalue weighted by Crippen LogP contribution is -2.34. The van der Waals surface area contributed by atoms with E-state index in [9.17, 15) is 13.2 Å². The molecule has 0 atom stereocenters. The molecule has 0 unspecified atom stereocenters. The van der Waals surface area contributed by atoms with E-state index in [0.29, 0.717) is 18.7 Å². The summed E-state index contributed by atoms with van der Waals surface area (Å²) in [5, 5.41) is 2.77. The van der Waals surface area contributed by atoms with Crippen LogP contribution in [0.2, 0.25) is 0 Å². The Labute approximate surface area is 119 Å². The van der Waals surface area contributed by atoms with Gasteiger partial charge < -0.3 is 10.2 Å². The van der Waals surface area contributed by atoms with E-state index in [0.717, 1.165) is 5.69 Å². The van der Waals surface area contributed by atoms with Crippen LogP contribution < -0.4 is 10.2 Å². The van der Waals surface area contributed by atoms with Crippen molar-refractivity contribution in [1.29, 1.82) is 0 Å². The molecule has 7 heteroatoms. The molecule has 1 heterocycles. The Hall–Kier alpha value is -1.60. The molecule has 6 nitrogen and oxygen atoms in total. The van der Waals surface area contributed by atoms with Crippen molar-refractivity contribution in [3.63, 3.8) is 0 Å². The van der Waals surface area contributed by atoms with E-state index >= 15 is 0 Å². The average Bonchev–Trinajstić information content (AvgIpc) is 2.69. The topological polar surface area (TPSA) is 69.7 Å². The quantitative estimate of drug-likeness (QED) is 0.889. The zero-order valence-electron chi connectivity index (χ0n) is 11.7. The number of hydrogen-bond acceptors (Lipinski definition) is 4. The first-order chi connectivity index (χ1) is 9.40. The van der Waals surface area contributed by atoms with Crippen molar-refractivity contribution < 1.29 is 13.2 Å². The third-order valence-corrected chi connectivity index (χ3v) is 5.09. The standard InChI is InChI=1S/C13H19N3O3S/c1-15(2)12-7-4-3-6-11(12)14-13(17)10-16-8-5-9-20(16,18)19/h3-4,6-7H,5,8-10H2,1-2H3,(H,14,17). The molecule has 1 aromatic carbocycles. The fourth-order valence-electron chi connectivity index (χ4n) is 2.19. The summed E-state index contributed by atoms with van der Waals surface area (Å²) in [7, 11) is 0.531. The van der Waals surface area contributed by atoms with Crippen LogP contribution in [0.15, 0.2) is 24.3 Å². The second kappa shape index (κ2) is 5.80. The number of sulfonamides is 1. The Morgan fingerprint density at radius 1 is 1.35 bits per heavy atom. The zero-order valence-corrected chi connectivity index (χ0v) is 12.5. The molecule has 1 fully saturated rings. The Kier molecular flexibility index (Phi) is 4.29. The molecule has 0 aromatic heterocycles. The van der Waals surface area contributed by atoms with Gasteiger partial charge in [0.25, 0.3) is 0 Å². The molecule has 1 aliphatic rings. The first-order valence-electron chi connectivity index (χ1n) is 6.44. The van der Waals surface area contributed by atoms with Gasteiger partial charge in [-0.1, -0.05) is 12.1 Å². The van der Waals surface area contributed by atoms with Crippen molar-refractivity contribution in [2.45, 2.75) is 6.42 Å². The van der Waals surface area contributed by atoms with Crippen molar-refractivity contribution in [2.24, 2.45) is 0 Å². The van der Waals surface area contributed by atoms with Gasteiger partial charge in [-0.3, -0.25) is 4.79 Å². The molecule has 0 spiro atoms. The van der Waals surface area contributed by atoms with Gasteiger partial charge in [0, 0.05) is 20.6 Å². The fraction of sp³-hybridized carbons (Fsp3) is 0.462. The van der Waals surface area contributed by atoms with E-state index in [4.69, 9.17) is 0 Å². The number of amides is 1. The van der Waals surface area contributed by atoms with E-state index in [-0.39, 0.29) is 18.2 Å². The molecule has 0 radical (unpaired) electrons.